The normalized spacial score (nSPS) is 11.4. The molecule has 0 saturated heterocycles. The number of carbonyl (C=O) groups excluding carboxylic acids is 1. The summed E-state index contributed by atoms with van der Waals surface area (Å²) in [4.78, 5) is 23.8. The Labute approximate surface area is 118 Å². The van der Waals surface area contributed by atoms with Crippen LogP contribution in [-0.4, -0.2) is 28.8 Å². The van der Waals surface area contributed by atoms with Gasteiger partial charge < -0.3 is 19.6 Å². The summed E-state index contributed by atoms with van der Waals surface area (Å²) in [5.41, 5.74) is -2.85. The number of hydrogen-bond acceptors (Lipinski definition) is 6. The van der Waals surface area contributed by atoms with Crippen LogP contribution in [0, 0.1) is 10.1 Å². The maximum absolute atomic E-state index is 12.9. The van der Waals surface area contributed by atoms with Crippen LogP contribution in [0.3, 0.4) is 0 Å². The fourth-order valence-corrected chi connectivity index (χ4v) is 1.39. The number of carbonyl (C=O) groups is 1. The lowest BCUT2D eigenvalue weighted by atomic mass is 10.1. The highest BCUT2D eigenvalue weighted by Crippen LogP contribution is 2.37. The van der Waals surface area contributed by atoms with Crippen LogP contribution in [0.4, 0.5) is 27.8 Å². The first-order valence-corrected chi connectivity index (χ1v) is 5.47. The van der Waals surface area contributed by atoms with Gasteiger partial charge in [-0.25, -0.2) is 13.6 Å². The number of ether oxygens (including phenoxy) is 2. The van der Waals surface area contributed by atoms with E-state index >= 15 is 0 Å². The zero-order chi connectivity index (χ0) is 17.1. The van der Waals surface area contributed by atoms with Crippen molar-refractivity contribution in [2.75, 3.05) is 6.61 Å². The molecule has 0 aliphatic heterocycles. The Morgan fingerprint density at radius 1 is 1.45 bits per heavy atom. The van der Waals surface area contributed by atoms with Gasteiger partial charge in [-0.05, 0) is 16.8 Å². The summed E-state index contributed by atoms with van der Waals surface area (Å²) in [7, 11) is 0. The molecule has 1 aromatic heterocycles. The quantitative estimate of drug-likeness (QED) is 0.357. The van der Waals surface area contributed by atoms with Crippen LogP contribution < -0.4 is 4.74 Å². The molecule has 0 fully saturated rings. The summed E-state index contributed by atoms with van der Waals surface area (Å²) in [5.74, 6) is -4.40. The average Bonchev–Trinajstić information content (AvgIpc) is 2.35. The first-order valence-electron chi connectivity index (χ1n) is 5.47. The number of halogens is 5. The molecular weight excluding hydrogens is 323 g/mol. The highest BCUT2D eigenvalue weighted by atomic mass is 19.4. The molecule has 0 aromatic carbocycles. The Balaban J connectivity index is 3.57. The van der Waals surface area contributed by atoms with E-state index in [0.717, 1.165) is 0 Å². The average molecular weight is 330 g/mol. The zero-order valence-electron chi connectivity index (χ0n) is 10.7. The molecule has 0 unspecified atom stereocenters. The molecule has 0 radical (unpaired) electrons. The van der Waals surface area contributed by atoms with Crippen LogP contribution in [0.5, 0.6) is 5.75 Å². The second-order valence-electron chi connectivity index (χ2n) is 3.57. The third-order valence-corrected chi connectivity index (χ3v) is 2.11. The molecule has 7 nitrogen and oxygen atoms in total. The van der Waals surface area contributed by atoms with Gasteiger partial charge in [0, 0.05) is 0 Å². The topological polar surface area (TPSA) is 91.6 Å². The van der Waals surface area contributed by atoms with Gasteiger partial charge in [0.2, 0.25) is 0 Å². The largest absolute Gasteiger partial charge is 0.573 e. The number of esters is 1. The summed E-state index contributed by atoms with van der Waals surface area (Å²) in [6, 6.07) is 0.0533. The highest BCUT2D eigenvalue weighted by molar-refractivity contribution is 5.90. The molecule has 122 valence electrons. The molecule has 0 bridgehead atoms. The number of pyridine rings is 1. The van der Waals surface area contributed by atoms with Crippen molar-refractivity contribution in [3.63, 3.8) is 0 Å². The van der Waals surface area contributed by atoms with Gasteiger partial charge in [-0.15, -0.1) is 13.2 Å². The van der Waals surface area contributed by atoms with Gasteiger partial charge in [-0.2, -0.15) is 0 Å². The summed E-state index contributed by atoms with van der Waals surface area (Å²) in [6.45, 7) is 0.992. The van der Waals surface area contributed by atoms with Gasteiger partial charge in [0.1, 0.15) is 5.56 Å². The van der Waals surface area contributed by atoms with Crippen molar-refractivity contribution in [1.29, 1.82) is 0 Å². The predicted molar refractivity (Wildman–Crippen MR) is 58.5 cm³/mol. The molecule has 1 aromatic rings. The Bertz CT molecular complexity index is 590. The van der Waals surface area contributed by atoms with Gasteiger partial charge in [0.05, 0.1) is 12.7 Å². The molecule has 1 heterocycles. The van der Waals surface area contributed by atoms with Gasteiger partial charge in [0.25, 0.3) is 12.1 Å². The van der Waals surface area contributed by atoms with E-state index < -0.39 is 46.5 Å². The van der Waals surface area contributed by atoms with Crippen LogP contribution in [0.15, 0.2) is 6.07 Å². The van der Waals surface area contributed by atoms with Crippen molar-refractivity contribution in [2.45, 2.75) is 19.7 Å². The number of nitrogens with zero attached hydrogens (tertiary/aromatic N) is 2. The van der Waals surface area contributed by atoms with E-state index in [4.69, 9.17) is 0 Å². The molecule has 1 rings (SSSR count). The Hall–Kier alpha value is -2.53. The van der Waals surface area contributed by atoms with E-state index in [1.807, 2.05) is 0 Å². The summed E-state index contributed by atoms with van der Waals surface area (Å²) in [6.07, 6.45) is -9.00. The molecule has 0 atom stereocenters. The Morgan fingerprint density at radius 2 is 2.05 bits per heavy atom. The lowest BCUT2D eigenvalue weighted by molar-refractivity contribution is -0.389. The number of hydrogen-bond donors (Lipinski definition) is 0. The van der Waals surface area contributed by atoms with Crippen molar-refractivity contribution in [3.05, 3.63) is 27.4 Å². The summed E-state index contributed by atoms with van der Waals surface area (Å²) >= 11 is 0. The fourth-order valence-electron chi connectivity index (χ4n) is 1.39. The van der Waals surface area contributed by atoms with Crippen LogP contribution in [0.25, 0.3) is 0 Å². The molecule has 12 heteroatoms. The van der Waals surface area contributed by atoms with Gasteiger partial charge in [-0.3, -0.25) is 0 Å². The molecule has 22 heavy (non-hydrogen) atoms. The molecular formula is C10H7F5N2O5. The third-order valence-electron chi connectivity index (χ3n) is 2.11. The number of nitro groups is 1. The van der Waals surface area contributed by atoms with E-state index in [-0.39, 0.29) is 12.7 Å². The van der Waals surface area contributed by atoms with Crippen molar-refractivity contribution in [3.8, 4) is 5.75 Å². The van der Waals surface area contributed by atoms with Crippen LogP contribution >= 0.6 is 0 Å². The second kappa shape index (κ2) is 6.49. The maximum atomic E-state index is 12.9. The minimum atomic E-state index is -5.40. The van der Waals surface area contributed by atoms with E-state index in [1.54, 1.807) is 0 Å². The first kappa shape index (κ1) is 17.5. The molecule has 0 aliphatic rings. The monoisotopic (exact) mass is 330 g/mol. The van der Waals surface area contributed by atoms with Crippen LogP contribution in [0.2, 0.25) is 0 Å². The molecule has 0 spiro atoms. The van der Waals surface area contributed by atoms with Crippen LogP contribution in [0.1, 0.15) is 29.4 Å². The SMILES string of the molecule is CCOC(=O)c1nc([N+](=O)[O-])cc(OC(F)(F)F)c1C(F)F. The van der Waals surface area contributed by atoms with E-state index in [0.29, 0.717) is 0 Å². The number of alkyl halides is 5. The van der Waals surface area contributed by atoms with E-state index in [1.165, 1.54) is 6.92 Å². The predicted octanol–water partition coefficient (Wildman–Crippen LogP) is 3.00. The summed E-state index contributed by atoms with van der Waals surface area (Å²) < 4.78 is 70.2. The lowest BCUT2D eigenvalue weighted by Gasteiger charge is -2.13. The Kier molecular flexibility index (Phi) is 5.17. The smallest absolute Gasteiger partial charge is 0.460 e. The van der Waals surface area contributed by atoms with Crippen LogP contribution in [-0.2, 0) is 4.74 Å². The van der Waals surface area contributed by atoms with Crippen molar-refractivity contribution in [1.82, 2.24) is 4.98 Å². The Morgan fingerprint density at radius 3 is 2.45 bits per heavy atom. The minimum Gasteiger partial charge on any atom is -0.460 e. The lowest BCUT2D eigenvalue weighted by Crippen LogP contribution is -2.21. The number of aromatic nitrogens is 1. The molecule has 0 saturated carbocycles. The maximum Gasteiger partial charge on any atom is 0.573 e. The van der Waals surface area contributed by atoms with E-state index in [2.05, 4.69) is 14.5 Å². The minimum absolute atomic E-state index is 0.0533. The van der Waals surface area contributed by atoms with Gasteiger partial charge >= 0.3 is 18.1 Å². The highest BCUT2D eigenvalue weighted by Gasteiger charge is 2.39. The second-order valence-corrected chi connectivity index (χ2v) is 3.57. The van der Waals surface area contributed by atoms with Gasteiger partial charge in [0.15, 0.2) is 5.75 Å². The number of rotatable bonds is 5. The van der Waals surface area contributed by atoms with Crippen molar-refractivity contribution in [2.24, 2.45) is 0 Å². The fraction of sp³-hybridized carbons (Fsp3) is 0.400. The van der Waals surface area contributed by atoms with Gasteiger partial charge in [-0.1, -0.05) is 0 Å². The molecule has 0 aliphatic carbocycles. The zero-order valence-corrected chi connectivity index (χ0v) is 10.7. The van der Waals surface area contributed by atoms with E-state index in [9.17, 15) is 36.9 Å². The summed E-state index contributed by atoms with van der Waals surface area (Å²) in [5, 5.41) is 10.6. The van der Waals surface area contributed by atoms with Crippen molar-refractivity contribution >= 4 is 11.8 Å². The third kappa shape index (κ3) is 4.23. The van der Waals surface area contributed by atoms with Crippen molar-refractivity contribution < 1.29 is 41.1 Å². The first-order chi connectivity index (χ1) is 10.1. The molecule has 0 N–H and O–H groups in total. The standard InChI is InChI=1S/C10H7F5N2O5/c1-2-21-9(18)7-6(8(11)12)4(22-10(13,14)15)3-5(16-7)17(19)20/h3,8H,2H2,1H3. The molecule has 0 amide bonds.